The second kappa shape index (κ2) is 9.73. The number of hydrogen-bond acceptors (Lipinski definition) is 6. The molecule has 4 aromatic rings. The summed E-state index contributed by atoms with van der Waals surface area (Å²) in [5, 5.41) is 3.07. The molecule has 3 heterocycles. The standard InChI is InChI=1S/C35H28N2O5/c1-41-23-16-17-25(28(20-23)42-2)32(39)30-29(31(38)22-11-4-3-5-12-22)35(26-14-8-9-15-27(26)36-34(35)40)33-24-13-7-6-10-21(24)18-19-37(30)33/h3-20,29-30,33H,1-2H3,(H,36,40)/t29-,30+,33-,35+/m1/s1. The summed E-state index contributed by atoms with van der Waals surface area (Å²) in [5.74, 6) is -1.06. The van der Waals surface area contributed by atoms with Gasteiger partial charge in [-0.2, -0.15) is 0 Å². The number of benzene rings is 4. The van der Waals surface area contributed by atoms with Gasteiger partial charge in [-0.15, -0.1) is 0 Å². The van der Waals surface area contributed by atoms with Gasteiger partial charge in [-0.25, -0.2) is 0 Å². The van der Waals surface area contributed by atoms with Gasteiger partial charge in [-0.05, 0) is 41.0 Å². The molecule has 0 saturated carbocycles. The fourth-order valence-electron chi connectivity index (χ4n) is 7.11. The van der Waals surface area contributed by atoms with Gasteiger partial charge >= 0.3 is 0 Å². The minimum atomic E-state index is -1.38. The Morgan fingerprint density at radius 1 is 0.833 bits per heavy atom. The van der Waals surface area contributed by atoms with Gasteiger partial charge in [-0.3, -0.25) is 14.4 Å². The van der Waals surface area contributed by atoms with Crippen molar-refractivity contribution in [1.29, 1.82) is 0 Å². The average molecular weight is 557 g/mol. The van der Waals surface area contributed by atoms with Crippen molar-refractivity contribution in [3.63, 3.8) is 0 Å². The normalized spacial score (nSPS) is 23.1. The molecule has 0 unspecified atom stereocenters. The molecule has 0 bridgehead atoms. The molecular weight excluding hydrogens is 528 g/mol. The SMILES string of the molecule is COc1ccc(C(=O)[C@@H]2[C@H](C(=O)c3ccccc3)[C@]3(C(=O)Nc4ccccc43)[C@H]3c4ccccc4C=CN23)c(OC)c1. The molecule has 1 fully saturated rings. The highest BCUT2D eigenvalue weighted by Crippen LogP contribution is 2.62. The summed E-state index contributed by atoms with van der Waals surface area (Å²) in [4.78, 5) is 46.0. The number of Topliss-reactive ketones (excluding diaryl/α,β-unsaturated/α-hetero) is 2. The number of nitrogens with one attached hydrogen (secondary N) is 1. The number of ether oxygens (including phenoxy) is 2. The van der Waals surface area contributed by atoms with Crippen LogP contribution in [0.2, 0.25) is 0 Å². The van der Waals surface area contributed by atoms with E-state index in [1.54, 1.807) is 49.6 Å². The molecule has 1 spiro atoms. The van der Waals surface area contributed by atoms with Gasteiger partial charge in [0.2, 0.25) is 5.91 Å². The number of fused-ring (bicyclic) bond motifs is 6. The predicted octanol–water partition coefficient (Wildman–Crippen LogP) is 5.69. The maximum atomic E-state index is 14.8. The lowest BCUT2D eigenvalue weighted by molar-refractivity contribution is -0.122. The van der Waals surface area contributed by atoms with Gasteiger partial charge in [0.15, 0.2) is 11.6 Å². The summed E-state index contributed by atoms with van der Waals surface area (Å²) in [6.07, 6.45) is 3.80. The van der Waals surface area contributed by atoms with Crippen molar-refractivity contribution in [1.82, 2.24) is 4.90 Å². The Kier molecular flexibility index (Phi) is 5.97. The highest BCUT2D eigenvalue weighted by molar-refractivity contribution is 6.17. The minimum absolute atomic E-state index is 0.270. The Morgan fingerprint density at radius 2 is 1.57 bits per heavy atom. The van der Waals surface area contributed by atoms with Crippen LogP contribution in [-0.4, -0.2) is 42.6 Å². The zero-order valence-corrected chi connectivity index (χ0v) is 23.1. The van der Waals surface area contributed by atoms with E-state index < -0.39 is 23.4 Å². The van der Waals surface area contributed by atoms with Crippen LogP contribution in [0.3, 0.4) is 0 Å². The number of ketones is 2. The molecule has 1 amide bonds. The highest BCUT2D eigenvalue weighted by Gasteiger charge is 2.70. The Morgan fingerprint density at radius 3 is 2.36 bits per heavy atom. The van der Waals surface area contributed by atoms with Gasteiger partial charge in [0, 0.05) is 23.5 Å². The third-order valence-corrected chi connectivity index (χ3v) is 8.85. The topological polar surface area (TPSA) is 84.9 Å². The van der Waals surface area contributed by atoms with Crippen LogP contribution in [0.1, 0.15) is 43.4 Å². The molecule has 42 heavy (non-hydrogen) atoms. The van der Waals surface area contributed by atoms with E-state index in [-0.39, 0.29) is 17.5 Å². The van der Waals surface area contributed by atoms with E-state index in [1.165, 1.54) is 7.11 Å². The molecule has 208 valence electrons. The Bertz CT molecular complexity index is 1780. The lowest BCUT2D eigenvalue weighted by Gasteiger charge is -2.38. The number of carbonyl (C=O) groups excluding carboxylic acids is 3. The molecule has 7 heteroatoms. The molecule has 0 radical (unpaired) electrons. The lowest BCUT2D eigenvalue weighted by atomic mass is 9.62. The van der Waals surface area contributed by atoms with Crippen LogP contribution < -0.4 is 14.8 Å². The second-order valence-electron chi connectivity index (χ2n) is 10.7. The fraction of sp³-hybridized carbons (Fsp3) is 0.171. The number of methoxy groups -OCH3 is 2. The van der Waals surface area contributed by atoms with E-state index in [0.29, 0.717) is 33.9 Å². The van der Waals surface area contributed by atoms with Crippen LogP contribution in [0.15, 0.2) is 103 Å². The van der Waals surface area contributed by atoms with Gasteiger partial charge < -0.3 is 19.7 Å². The smallest absolute Gasteiger partial charge is 0.238 e. The molecule has 4 atom stereocenters. The van der Waals surface area contributed by atoms with E-state index in [1.807, 2.05) is 71.8 Å². The van der Waals surface area contributed by atoms with E-state index in [4.69, 9.17) is 9.47 Å². The maximum absolute atomic E-state index is 14.8. The first-order valence-electron chi connectivity index (χ1n) is 13.8. The Hall–Kier alpha value is -5.17. The average Bonchev–Trinajstić information content (AvgIpc) is 3.52. The van der Waals surface area contributed by atoms with Crippen molar-refractivity contribution in [3.8, 4) is 11.5 Å². The van der Waals surface area contributed by atoms with Crippen molar-refractivity contribution in [2.75, 3.05) is 19.5 Å². The number of amides is 1. The summed E-state index contributed by atoms with van der Waals surface area (Å²) >= 11 is 0. The lowest BCUT2D eigenvalue weighted by Crippen LogP contribution is -2.49. The van der Waals surface area contributed by atoms with Gasteiger partial charge in [0.1, 0.15) is 23.0 Å². The van der Waals surface area contributed by atoms with Gasteiger partial charge in [0.25, 0.3) is 0 Å². The first-order valence-corrected chi connectivity index (χ1v) is 13.8. The summed E-state index contributed by atoms with van der Waals surface area (Å²) in [6.45, 7) is 0. The van der Waals surface area contributed by atoms with Crippen LogP contribution in [-0.2, 0) is 10.2 Å². The number of carbonyl (C=O) groups is 3. The van der Waals surface area contributed by atoms with Crippen LogP contribution >= 0.6 is 0 Å². The molecule has 3 aliphatic heterocycles. The second-order valence-corrected chi connectivity index (χ2v) is 10.7. The molecule has 0 aromatic heterocycles. The van der Waals surface area contributed by atoms with Crippen LogP contribution in [0.4, 0.5) is 5.69 Å². The number of nitrogens with zero attached hydrogens (tertiary/aromatic N) is 1. The summed E-state index contributed by atoms with van der Waals surface area (Å²) in [5.41, 5.74) is 2.55. The molecule has 4 aromatic carbocycles. The third kappa shape index (κ3) is 3.49. The number of hydrogen-bond donors (Lipinski definition) is 1. The summed E-state index contributed by atoms with van der Waals surface area (Å²) in [6, 6.07) is 27.6. The molecule has 7 rings (SSSR count). The first kappa shape index (κ1) is 25.8. The summed E-state index contributed by atoms with van der Waals surface area (Å²) < 4.78 is 11.0. The van der Waals surface area contributed by atoms with Crippen molar-refractivity contribution >= 4 is 29.2 Å². The quantitative estimate of drug-likeness (QED) is 0.308. The maximum Gasteiger partial charge on any atom is 0.238 e. The van der Waals surface area contributed by atoms with Crippen molar-refractivity contribution < 1.29 is 23.9 Å². The molecule has 1 N–H and O–H groups in total. The minimum Gasteiger partial charge on any atom is -0.497 e. The van der Waals surface area contributed by atoms with Gasteiger partial charge in [0.05, 0.1) is 31.7 Å². The number of para-hydroxylation sites is 1. The van der Waals surface area contributed by atoms with Crippen molar-refractivity contribution in [3.05, 3.63) is 131 Å². The number of anilines is 1. The monoisotopic (exact) mass is 556 g/mol. The predicted molar refractivity (Wildman–Crippen MR) is 159 cm³/mol. The van der Waals surface area contributed by atoms with E-state index in [2.05, 4.69) is 5.32 Å². The van der Waals surface area contributed by atoms with E-state index >= 15 is 0 Å². The van der Waals surface area contributed by atoms with E-state index in [0.717, 1.165) is 11.1 Å². The Labute approximate surface area is 243 Å². The van der Waals surface area contributed by atoms with Crippen LogP contribution in [0.25, 0.3) is 6.08 Å². The number of rotatable bonds is 6. The van der Waals surface area contributed by atoms with Crippen LogP contribution in [0, 0.1) is 5.92 Å². The van der Waals surface area contributed by atoms with Crippen LogP contribution in [0.5, 0.6) is 11.5 Å². The zero-order valence-electron chi connectivity index (χ0n) is 23.1. The largest absolute Gasteiger partial charge is 0.497 e. The molecule has 7 nitrogen and oxygen atoms in total. The zero-order chi connectivity index (χ0) is 29.0. The third-order valence-electron chi connectivity index (χ3n) is 8.85. The van der Waals surface area contributed by atoms with E-state index in [9.17, 15) is 14.4 Å². The molecule has 0 aliphatic carbocycles. The molecule has 1 saturated heterocycles. The molecule has 3 aliphatic rings. The first-order chi connectivity index (χ1) is 20.5. The highest BCUT2D eigenvalue weighted by atomic mass is 16.5. The van der Waals surface area contributed by atoms with Crippen molar-refractivity contribution in [2.24, 2.45) is 5.92 Å². The Balaban J connectivity index is 1.53. The van der Waals surface area contributed by atoms with Crippen molar-refractivity contribution in [2.45, 2.75) is 17.5 Å². The molecular formula is C35H28N2O5. The summed E-state index contributed by atoms with van der Waals surface area (Å²) in [7, 11) is 3.04. The van der Waals surface area contributed by atoms with Gasteiger partial charge in [-0.1, -0.05) is 72.8 Å². The fourth-order valence-corrected chi connectivity index (χ4v) is 7.11.